The van der Waals surface area contributed by atoms with Crippen LogP contribution in [0.5, 0.6) is 11.5 Å². The van der Waals surface area contributed by atoms with E-state index in [-0.39, 0.29) is 5.91 Å². The molecule has 0 saturated carbocycles. The van der Waals surface area contributed by atoms with Crippen molar-refractivity contribution in [2.24, 2.45) is 0 Å². The zero-order chi connectivity index (χ0) is 27.5. The van der Waals surface area contributed by atoms with Gasteiger partial charge in [-0.1, -0.05) is 56.3 Å². The minimum atomic E-state index is -0.267. The second-order valence-electron chi connectivity index (χ2n) is 9.71. The van der Waals surface area contributed by atoms with E-state index in [4.69, 9.17) is 14.6 Å². The number of hydrogen-bond acceptors (Lipinski definition) is 6. The third-order valence-corrected chi connectivity index (χ3v) is 7.36. The van der Waals surface area contributed by atoms with E-state index < -0.39 is 0 Å². The van der Waals surface area contributed by atoms with Crippen molar-refractivity contribution in [3.05, 3.63) is 102 Å². The summed E-state index contributed by atoms with van der Waals surface area (Å²) in [5.41, 5.74) is 6.45. The number of nitrogens with zero attached hydrogens (tertiary/aromatic N) is 3. The van der Waals surface area contributed by atoms with E-state index in [9.17, 15) is 4.79 Å². The highest BCUT2D eigenvalue weighted by molar-refractivity contribution is 7.14. The Kier molecular flexibility index (Phi) is 7.16. The van der Waals surface area contributed by atoms with Crippen molar-refractivity contribution in [1.29, 1.82) is 0 Å². The lowest BCUT2D eigenvalue weighted by atomic mass is 10.0. The molecule has 0 spiro atoms. The van der Waals surface area contributed by atoms with Gasteiger partial charge in [-0.3, -0.25) is 10.1 Å². The molecule has 3 heterocycles. The highest BCUT2D eigenvalue weighted by Gasteiger charge is 2.17. The normalized spacial score (nSPS) is 12.7. The average Bonchev–Trinajstić information content (AvgIpc) is 3.64. The molecule has 1 N–H and O–H groups in total. The molecule has 8 heteroatoms. The number of para-hydroxylation sites is 1. The number of carbonyl (C=O) groups is 1. The van der Waals surface area contributed by atoms with Crippen LogP contribution < -0.4 is 14.8 Å². The lowest BCUT2D eigenvalue weighted by molar-refractivity contribution is -0.111. The van der Waals surface area contributed by atoms with Gasteiger partial charge in [0.2, 0.25) is 5.91 Å². The van der Waals surface area contributed by atoms with Crippen molar-refractivity contribution < 1.29 is 14.3 Å². The maximum Gasteiger partial charge on any atom is 0.250 e. The summed E-state index contributed by atoms with van der Waals surface area (Å²) in [6.07, 6.45) is 5.19. The summed E-state index contributed by atoms with van der Waals surface area (Å²) in [6, 6.07) is 24.0. The summed E-state index contributed by atoms with van der Waals surface area (Å²) >= 11 is 1.40. The Balaban J connectivity index is 1.23. The highest BCUT2D eigenvalue weighted by Crippen LogP contribution is 2.35. The monoisotopic (exact) mass is 548 g/mol. The summed E-state index contributed by atoms with van der Waals surface area (Å²) in [7, 11) is 0. The van der Waals surface area contributed by atoms with Gasteiger partial charge in [0.05, 0.1) is 11.4 Å². The van der Waals surface area contributed by atoms with Crippen LogP contribution in [0.15, 0.2) is 90.4 Å². The first-order chi connectivity index (χ1) is 19.5. The molecule has 200 valence electrons. The molecule has 0 radical (unpaired) electrons. The fourth-order valence-electron chi connectivity index (χ4n) is 4.45. The molecule has 0 fully saturated rings. The molecule has 3 aromatic carbocycles. The van der Waals surface area contributed by atoms with Crippen molar-refractivity contribution in [3.8, 4) is 39.7 Å². The number of ether oxygens (including phenoxy) is 2. The van der Waals surface area contributed by atoms with Gasteiger partial charge in [-0.2, -0.15) is 5.10 Å². The van der Waals surface area contributed by atoms with E-state index in [0.29, 0.717) is 35.8 Å². The van der Waals surface area contributed by atoms with E-state index in [1.807, 2.05) is 60.1 Å². The minimum absolute atomic E-state index is 0.267. The van der Waals surface area contributed by atoms with Crippen LogP contribution in [-0.2, 0) is 4.79 Å². The molecular formula is C32H28N4O3S. The first-order valence-electron chi connectivity index (χ1n) is 13.1. The quantitative estimate of drug-likeness (QED) is 0.218. The number of nitrogens with one attached hydrogen (secondary N) is 1. The summed E-state index contributed by atoms with van der Waals surface area (Å²) in [6.45, 7) is 5.38. The average molecular weight is 549 g/mol. The number of aromatic nitrogens is 3. The molecule has 1 aliphatic rings. The largest absolute Gasteiger partial charge is 0.486 e. The van der Waals surface area contributed by atoms with Gasteiger partial charge in [-0.05, 0) is 47.9 Å². The van der Waals surface area contributed by atoms with Crippen molar-refractivity contribution in [2.75, 3.05) is 18.5 Å². The van der Waals surface area contributed by atoms with Crippen LogP contribution in [0.4, 0.5) is 5.13 Å². The van der Waals surface area contributed by atoms with Crippen molar-refractivity contribution in [3.63, 3.8) is 0 Å². The van der Waals surface area contributed by atoms with Crippen molar-refractivity contribution >= 4 is 28.5 Å². The lowest BCUT2D eigenvalue weighted by Gasteiger charge is -2.18. The zero-order valence-corrected chi connectivity index (χ0v) is 23.0. The predicted octanol–water partition coefficient (Wildman–Crippen LogP) is 7.21. The van der Waals surface area contributed by atoms with Gasteiger partial charge in [0, 0.05) is 34.3 Å². The molecule has 2 aromatic heterocycles. The van der Waals surface area contributed by atoms with Gasteiger partial charge in [-0.15, -0.1) is 11.3 Å². The Morgan fingerprint density at radius 3 is 2.50 bits per heavy atom. The van der Waals surface area contributed by atoms with Gasteiger partial charge in [0.15, 0.2) is 16.6 Å². The van der Waals surface area contributed by atoms with E-state index in [1.165, 1.54) is 23.0 Å². The number of benzene rings is 3. The molecule has 5 aromatic rings. The molecule has 0 saturated heterocycles. The molecule has 6 rings (SSSR count). The van der Waals surface area contributed by atoms with Crippen LogP contribution in [-0.4, -0.2) is 33.9 Å². The van der Waals surface area contributed by atoms with E-state index in [1.54, 1.807) is 10.8 Å². The number of anilines is 1. The third-order valence-electron chi connectivity index (χ3n) is 6.60. The molecule has 0 atom stereocenters. The Labute approximate surface area is 236 Å². The van der Waals surface area contributed by atoms with Crippen LogP contribution in [0.2, 0.25) is 0 Å². The Morgan fingerprint density at radius 1 is 0.975 bits per heavy atom. The van der Waals surface area contributed by atoms with Gasteiger partial charge in [-0.25, -0.2) is 9.67 Å². The predicted molar refractivity (Wildman–Crippen MR) is 159 cm³/mol. The number of fused-ring (bicyclic) bond motifs is 1. The Bertz CT molecular complexity index is 1670. The zero-order valence-electron chi connectivity index (χ0n) is 22.2. The number of amides is 1. The van der Waals surface area contributed by atoms with Gasteiger partial charge < -0.3 is 9.47 Å². The topological polar surface area (TPSA) is 78.3 Å². The standard InChI is InChI=1S/C32H28N4O3S/c1-21(2)22-8-10-23(11-9-22)27-20-40-32(33-27)34-30(37)15-13-25-19-36(26-6-4-3-5-7-26)35-31(25)24-12-14-28-29(18-24)39-17-16-38-28/h3-15,18-21H,16-17H2,1-2H3,(H,33,34,37)/b15-13+. The molecule has 1 amide bonds. The van der Waals surface area contributed by atoms with Gasteiger partial charge in [0.25, 0.3) is 0 Å². The fraction of sp³-hybridized carbons (Fsp3) is 0.156. The smallest absolute Gasteiger partial charge is 0.250 e. The maximum absolute atomic E-state index is 12.9. The molecule has 0 bridgehead atoms. The molecule has 0 unspecified atom stereocenters. The number of rotatable bonds is 7. The van der Waals surface area contributed by atoms with Crippen molar-refractivity contribution in [1.82, 2.24) is 14.8 Å². The number of hydrogen-bond donors (Lipinski definition) is 1. The van der Waals surface area contributed by atoms with E-state index >= 15 is 0 Å². The maximum atomic E-state index is 12.9. The molecule has 7 nitrogen and oxygen atoms in total. The number of carbonyl (C=O) groups excluding carboxylic acids is 1. The van der Waals surface area contributed by atoms with Crippen molar-refractivity contribution in [2.45, 2.75) is 19.8 Å². The van der Waals surface area contributed by atoms with Crippen LogP contribution >= 0.6 is 11.3 Å². The fourth-order valence-corrected chi connectivity index (χ4v) is 5.17. The Hall–Kier alpha value is -4.69. The van der Waals surface area contributed by atoms with Gasteiger partial charge >= 0.3 is 0 Å². The van der Waals surface area contributed by atoms with Crippen LogP contribution in [0.1, 0.15) is 30.9 Å². The van der Waals surface area contributed by atoms with Crippen LogP contribution in [0, 0.1) is 0 Å². The molecule has 1 aliphatic heterocycles. The minimum Gasteiger partial charge on any atom is -0.486 e. The summed E-state index contributed by atoms with van der Waals surface area (Å²) in [5, 5.41) is 10.2. The highest BCUT2D eigenvalue weighted by atomic mass is 32.1. The first-order valence-corrected chi connectivity index (χ1v) is 14.0. The third kappa shape index (κ3) is 5.53. The first kappa shape index (κ1) is 25.6. The van der Waals surface area contributed by atoms with E-state index in [2.05, 4.69) is 48.4 Å². The molecule has 40 heavy (non-hydrogen) atoms. The SMILES string of the molecule is CC(C)c1ccc(-c2csc(NC(=O)/C=C/c3cn(-c4ccccc4)nc3-c3ccc4c(c3)OCCO4)n2)cc1. The second-order valence-corrected chi connectivity index (χ2v) is 10.6. The van der Waals surface area contributed by atoms with Crippen LogP contribution in [0.3, 0.4) is 0 Å². The summed E-state index contributed by atoms with van der Waals surface area (Å²) in [4.78, 5) is 17.5. The second kappa shape index (κ2) is 11.2. The lowest BCUT2D eigenvalue weighted by Crippen LogP contribution is -2.15. The van der Waals surface area contributed by atoms with Gasteiger partial charge in [0.1, 0.15) is 18.9 Å². The molecular weight excluding hydrogens is 520 g/mol. The number of thiazole rings is 1. The van der Waals surface area contributed by atoms with Crippen LogP contribution in [0.25, 0.3) is 34.3 Å². The summed E-state index contributed by atoms with van der Waals surface area (Å²) in [5.74, 6) is 1.61. The Morgan fingerprint density at radius 2 is 1.73 bits per heavy atom. The summed E-state index contributed by atoms with van der Waals surface area (Å²) < 4.78 is 13.3. The molecule has 0 aliphatic carbocycles. The van der Waals surface area contributed by atoms with E-state index in [0.717, 1.165) is 33.8 Å².